The number of pyridine rings is 1. The van der Waals surface area contributed by atoms with E-state index in [-0.39, 0.29) is 5.91 Å². The van der Waals surface area contributed by atoms with E-state index in [1.54, 1.807) is 6.20 Å². The Morgan fingerprint density at radius 1 is 1.22 bits per heavy atom. The molecule has 27 heavy (non-hydrogen) atoms. The maximum absolute atomic E-state index is 12.6. The number of ether oxygens (including phenoxy) is 1. The van der Waals surface area contributed by atoms with Gasteiger partial charge in [-0.1, -0.05) is 23.8 Å². The van der Waals surface area contributed by atoms with Gasteiger partial charge in [-0.2, -0.15) is 0 Å². The van der Waals surface area contributed by atoms with Crippen molar-refractivity contribution in [2.24, 2.45) is 7.05 Å². The predicted octanol–water partition coefficient (Wildman–Crippen LogP) is 3.92. The van der Waals surface area contributed by atoms with Crippen molar-refractivity contribution in [2.45, 2.75) is 39.8 Å². The second-order valence-corrected chi connectivity index (χ2v) is 7.82. The number of carbonyl (C=O) groups excluding carboxylic acids is 1. The monoisotopic (exact) mass is 365 g/mol. The van der Waals surface area contributed by atoms with Crippen LogP contribution in [0.2, 0.25) is 0 Å². The second-order valence-electron chi connectivity index (χ2n) is 7.82. The summed E-state index contributed by atoms with van der Waals surface area (Å²) in [7, 11) is 1.94. The fourth-order valence-corrected chi connectivity index (χ4v) is 3.07. The maximum atomic E-state index is 12.6. The highest BCUT2D eigenvalue weighted by Crippen LogP contribution is 2.16. The molecule has 5 nitrogen and oxygen atoms in total. The summed E-state index contributed by atoms with van der Waals surface area (Å²) in [5, 5.41) is 4.00. The summed E-state index contributed by atoms with van der Waals surface area (Å²) in [4.78, 5) is 17.0. The topological polar surface area (TPSA) is 56.1 Å². The summed E-state index contributed by atoms with van der Waals surface area (Å²) in [6.45, 7) is 9.03. The predicted molar refractivity (Wildman–Crippen MR) is 108 cm³/mol. The van der Waals surface area contributed by atoms with Crippen LogP contribution >= 0.6 is 0 Å². The van der Waals surface area contributed by atoms with Gasteiger partial charge in [-0.15, -0.1) is 0 Å². The number of fused-ring (bicyclic) bond motifs is 1. The van der Waals surface area contributed by atoms with Gasteiger partial charge in [-0.25, -0.2) is 4.98 Å². The van der Waals surface area contributed by atoms with Gasteiger partial charge in [0.05, 0.1) is 24.3 Å². The highest BCUT2D eigenvalue weighted by Gasteiger charge is 2.22. The van der Waals surface area contributed by atoms with Gasteiger partial charge in [-0.3, -0.25) is 4.79 Å². The van der Waals surface area contributed by atoms with Crippen molar-refractivity contribution in [3.63, 3.8) is 0 Å². The van der Waals surface area contributed by atoms with Gasteiger partial charge in [0.25, 0.3) is 5.91 Å². The first-order chi connectivity index (χ1) is 12.7. The highest BCUT2D eigenvalue weighted by molar-refractivity contribution is 5.97. The zero-order chi connectivity index (χ0) is 19.6. The Morgan fingerprint density at radius 2 is 2.00 bits per heavy atom. The summed E-state index contributed by atoms with van der Waals surface area (Å²) in [5.41, 5.74) is 4.54. The lowest BCUT2D eigenvalue weighted by Crippen LogP contribution is -2.47. The zero-order valence-electron chi connectivity index (χ0n) is 16.7. The molecule has 0 spiro atoms. The molecular weight excluding hydrogens is 338 g/mol. The molecule has 1 N–H and O–H groups in total. The number of hydrogen-bond donors (Lipinski definition) is 1. The molecule has 0 aliphatic rings. The van der Waals surface area contributed by atoms with E-state index in [0.717, 1.165) is 11.0 Å². The summed E-state index contributed by atoms with van der Waals surface area (Å²) in [5.74, 6) is -0.145. The van der Waals surface area contributed by atoms with Crippen LogP contribution in [0.3, 0.4) is 0 Å². The standard InChI is InChI=1S/C22H27N3O2/c1-15-6-7-16(2)19(10-15)13-27-14-22(3,4)24-21(26)18-11-17-8-9-25(5)20(17)23-12-18/h6-12H,13-14H2,1-5H3,(H,24,26). The largest absolute Gasteiger partial charge is 0.374 e. The van der Waals surface area contributed by atoms with E-state index < -0.39 is 5.54 Å². The number of carbonyl (C=O) groups is 1. The van der Waals surface area contributed by atoms with Crippen molar-refractivity contribution in [2.75, 3.05) is 6.61 Å². The molecular formula is C22H27N3O2. The third-order valence-corrected chi connectivity index (χ3v) is 4.65. The number of aryl methyl sites for hydroxylation is 3. The van der Waals surface area contributed by atoms with Gasteiger partial charge in [0.1, 0.15) is 5.65 Å². The molecule has 3 rings (SSSR count). The van der Waals surface area contributed by atoms with Crippen LogP contribution in [0, 0.1) is 13.8 Å². The lowest BCUT2D eigenvalue weighted by Gasteiger charge is -2.26. The lowest BCUT2D eigenvalue weighted by molar-refractivity contribution is 0.0615. The lowest BCUT2D eigenvalue weighted by atomic mass is 10.1. The van der Waals surface area contributed by atoms with E-state index >= 15 is 0 Å². The molecule has 1 amide bonds. The molecule has 0 fully saturated rings. The number of rotatable bonds is 6. The third kappa shape index (κ3) is 4.55. The molecule has 142 valence electrons. The Labute approximate surface area is 160 Å². The van der Waals surface area contributed by atoms with Crippen LogP contribution in [0.4, 0.5) is 0 Å². The van der Waals surface area contributed by atoms with Crippen LogP contribution in [0.15, 0.2) is 42.7 Å². The molecule has 0 radical (unpaired) electrons. The third-order valence-electron chi connectivity index (χ3n) is 4.65. The second kappa shape index (κ2) is 7.53. The Hall–Kier alpha value is -2.66. The minimum absolute atomic E-state index is 0.145. The van der Waals surface area contributed by atoms with Crippen LogP contribution in [-0.2, 0) is 18.4 Å². The average Bonchev–Trinajstić information content (AvgIpc) is 2.98. The van der Waals surface area contributed by atoms with Gasteiger partial charge in [0.2, 0.25) is 0 Å². The van der Waals surface area contributed by atoms with Gasteiger partial charge in [0, 0.05) is 24.8 Å². The van der Waals surface area contributed by atoms with E-state index in [4.69, 9.17) is 4.74 Å². The molecule has 2 heterocycles. The van der Waals surface area contributed by atoms with Crippen LogP contribution in [0.5, 0.6) is 0 Å². The van der Waals surface area contributed by atoms with E-state index in [2.05, 4.69) is 42.3 Å². The van der Waals surface area contributed by atoms with Crippen LogP contribution in [-0.4, -0.2) is 27.6 Å². The first-order valence-corrected chi connectivity index (χ1v) is 9.13. The zero-order valence-corrected chi connectivity index (χ0v) is 16.7. The minimum Gasteiger partial charge on any atom is -0.374 e. The van der Waals surface area contributed by atoms with E-state index in [1.165, 1.54) is 16.7 Å². The number of benzene rings is 1. The fourth-order valence-electron chi connectivity index (χ4n) is 3.07. The van der Waals surface area contributed by atoms with Crippen molar-refractivity contribution in [3.05, 3.63) is 65.0 Å². The highest BCUT2D eigenvalue weighted by atomic mass is 16.5. The van der Waals surface area contributed by atoms with Crippen molar-refractivity contribution < 1.29 is 9.53 Å². The molecule has 0 saturated carbocycles. The normalized spacial score (nSPS) is 11.7. The molecule has 1 aromatic carbocycles. The SMILES string of the molecule is Cc1ccc(C)c(COCC(C)(C)NC(=O)c2cnc3c(ccn3C)c2)c1. The van der Waals surface area contributed by atoms with Crippen molar-refractivity contribution in [1.82, 2.24) is 14.9 Å². The molecule has 0 bridgehead atoms. The smallest absolute Gasteiger partial charge is 0.253 e. The number of aromatic nitrogens is 2. The molecule has 0 atom stereocenters. The summed E-state index contributed by atoms with van der Waals surface area (Å²) >= 11 is 0. The molecule has 5 heteroatoms. The van der Waals surface area contributed by atoms with E-state index in [1.807, 2.05) is 43.8 Å². The van der Waals surface area contributed by atoms with Crippen LogP contribution in [0.1, 0.15) is 40.9 Å². The summed E-state index contributed by atoms with van der Waals surface area (Å²) in [6, 6.07) is 10.2. The maximum Gasteiger partial charge on any atom is 0.253 e. The van der Waals surface area contributed by atoms with Gasteiger partial charge >= 0.3 is 0 Å². The van der Waals surface area contributed by atoms with Crippen molar-refractivity contribution in [1.29, 1.82) is 0 Å². The van der Waals surface area contributed by atoms with Gasteiger partial charge in [-0.05, 0) is 51.0 Å². The molecule has 0 saturated heterocycles. The van der Waals surface area contributed by atoms with Crippen molar-refractivity contribution >= 4 is 16.9 Å². The average molecular weight is 365 g/mol. The Morgan fingerprint density at radius 3 is 2.78 bits per heavy atom. The first-order valence-electron chi connectivity index (χ1n) is 9.13. The van der Waals surface area contributed by atoms with Crippen molar-refractivity contribution in [3.8, 4) is 0 Å². The Balaban J connectivity index is 1.60. The number of nitrogens with zero attached hydrogens (tertiary/aromatic N) is 2. The first kappa shape index (κ1) is 19.1. The minimum atomic E-state index is -0.486. The molecule has 2 aromatic heterocycles. The van der Waals surface area contributed by atoms with Crippen LogP contribution in [0.25, 0.3) is 11.0 Å². The Kier molecular flexibility index (Phi) is 5.33. The molecule has 0 aliphatic carbocycles. The van der Waals surface area contributed by atoms with Crippen LogP contribution < -0.4 is 5.32 Å². The summed E-state index contributed by atoms with van der Waals surface area (Å²) in [6.07, 6.45) is 3.55. The summed E-state index contributed by atoms with van der Waals surface area (Å²) < 4.78 is 7.83. The molecule has 0 unspecified atom stereocenters. The molecule has 0 aliphatic heterocycles. The number of nitrogens with one attached hydrogen (secondary N) is 1. The quantitative estimate of drug-likeness (QED) is 0.720. The van der Waals surface area contributed by atoms with Gasteiger partial charge in [0.15, 0.2) is 0 Å². The van der Waals surface area contributed by atoms with Gasteiger partial charge < -0.3 is 14.6 Å². The Bertz CT molecular complexity index is 973. The number of hydrogen-bond acceptors (Lipinski definition) is 3. The van der Waals surface area contributed by atoms with E-state index in [9.17, 15) is 4.79 Å². The molecule has 3 aromatic rings. The van der Waals surface area contributed by atoms with E-state index in [0.29, 0.717) is 18.8 Å². The fraction of sp³-hybridized carbons (Fsp3) is 0.364. The number of amides is 1.